The van der Waals surface area contributed by atoms with Crippen molar-refractivity contribution < 1.29 is 26.0 Å². The molecule has 1 aliphatic rings. The summed E-state index contributed by atoms with van der Waals surface area (Å²) < 4.78 is 81.8. The molecule has 0 amide bonds. The van der Waals surface area contributed by atoms with Crippen LogP contribution in [0.2, 0.25) is 0 Å². The maximum Gasteiger partial charge on any atom is 0.263 e. The number of benzene rings is 1. The van der Waals surface area contributed by atoms with E-state index in [0.717, 1.165) is 19.1 Å². The highest BCUT2D eigenvalue weighted by atomic mass is 32.2. The molecule has 0 fully saturated rings. The van der Waals surface area contributed by atoms with Gasteiger partial charge >= 0.3 is 0 Å². The van der Waals surface area contributed by atoms with Crippen molar-refractivity contribution in [2.24, 2.45) is 5.92 Å². The van der Waals surface area contributed by atoms with E-state index in [2.05, 4.69) is 4.98 Å². The molecular formula is C17H18F4N2O2S. The lowest BCUT2D eigenvalue weighted by Gasteiger charge is -2.27. The highest BCUT2D eigenvalue weighted by Gasteiger charge is 2.38. The minimum absolute atomic E-state index is 0.0296. The van der Waals surface area contributed by atoms with E-state index in [4.69, 9.17) is 0 Å². The molecule has 4 nitrogen and oxygen atoms in total. The Balaban J connectivity index is 1.91. The molecule has 0 saturated carbocycles. The van der Waals surface area contributed by atoms with Gasteiger partial charge in [0.05, 0.1) is 5.69 Å². The Kier molecular flexibility index (Phi) is 4.54. The molecule has 1 aromatic carbocycles. The third kappa shape index (κ3) is 3.44. The van der Waals surface area contributed by atoms with Crippen LogP contribution in [0.25, 0.3) is 0 Å². The van der Waals surface area contributed by atoms with Gasteiger partial charge in [0.15, 0.2) is 0 Å². The molecule has 26 heavy (non-hydrogen) atoms. The number of H-pyrrole nitrogens is 1. The average Bonchev–Trinajstić information content (AvgIpc) is 2.95. The topological polar surface area (TPSA) is 62.0 Å². The fourth-order valence-electron chi connectivity index (χ4n) is 3.20. The number of aromatic nitrogens is 1. The van der Waals surface area contributed by atoms with Crippen molar-refractivity contribution in [3.8, 4) is 0 Å². The van der Waals surface area contributed by atoms with Crippen molar-refractivity contribution in [2.75, 3.05) is 4.72 Å². The van der Waals surface area contributed by atoms with E-state index < -0.39 is 39.2 Å². The van der Waals surface area contributed by atoms with Gasteiger partial charge in [0.25, 0.3) is 10.0 Å². The van der Waals surface area contributed by atoms with Gasteiger partial charge in [-0.15, -0.1) is 0 Å². The van der Waals surface area contributed by atoms with Gasteiger partial charge in [0, 0.05) is 23.9 Å². The number of anilines is 1. The van der Waals surface area contributed by atoms with Crippen molar-refractivity contribution in [3.63, 3.8) is 0 Å². The van der Waals surface area contributed by atoms with Crippen LogP contribution in [0.3, 0.4) is 0 Å². The number of aromatic amines is 1. The van der Waals surface area contributed by atoms with E-state index >= 15 is 0 Å². The molecule has 0 aliphatic heterocycles. The minimum Gasteiger partial charge on any atom is -0.363 e. The monoisotopic (exact) mass is 390 g/mol. The third-order valence-corrected chi connectivity index (χ3v) is 6.16. The third-order valence-electron chi connectivity index (χ3n) is 4.73. The summed E-state index contributed by atoms with van der Waals surface area (Å²) in [5.74, 6) is -5.38. The van der Waals surface area contributed by atoms with E-state index in [9.17, 15) is 26.0 Å². The van der Waals surface area contributed by atoms with Crippen molar-refractivity contribution in [3.05, 3.63) is 46.8 Å². The fraction of sp³-hybridized carbons (Fsp3) is 0.412. The Morgan fingerprint density at radius 1 is 1.23 bits per heavy atom. The molecule has 0 radical (unpaired) electrons. The summed E-state index contributed by atoms with van der Waals surface area (Å²) in [6.07, 6.45) is 1.53. The Morgan fingerprint density at radius 3 is 2.58 bits per heavy atom. The van der Waals surface area contributed by atoms with Crippen LogP contribution in [0.5, 0.6) is 0 Å². The summed E-state index contributed by atoms with van der Waals surface area (Å²) in [4.78, 5) is 2.60. The van der Waals surface area contributed by atoms with Crippen LogP contribution in [-0.4, -0.2) is 19.3 Å². The number of sulfonamides is 1. The number of hydrogen-bond acceptors (Lipinski definition) is 2. The summed E-state index contributed by atoms with van der Waals surface area (Å²) in [6, 6.07) is 1.67. The number of halogens is 4. The maximum absolute atomic E-state index is 13.9. The molecule has 9 heteroatoms. The van der Waals surface area contributed by atoms with Crippen molar-refractivity contribution in [2.45, 2.75) is 43.9 Å². The van der Waals surface area contributed by atoms with Crippen LogP contribution >= 0.6 is 0 Å². The van der Waals surface area contributed by atoms with E-state index in [0.29, 0.717) is 11.3 Å². The Bertz CT molecular complexity index is 948. The molecule has 0 bridgehead atoms. The van der Waals surface area contributed by atoms with Gasteiger partial charge in [-0.25, -0.2) is 26.0 Å². The molecule has 1 unspecified atom stereocenters. The van der Waals surface area contributed by atoms with Crippen LogP contribution in [0, 0.1) is 24.5 Å². The average molecular weight is 390 g/mol. The van der Waals surface area contributed by atoms with E-state index in [-0.39, 0.29) is 29.7 Å². The van der Waals surface area contributed by atoms with Gasteiger partial charge in [-0.05, 0) is 50.3 Å². The normalized spacial score (nSPS) is 17.8. The number of nitrogens with one attached hydrogen (secondary N) is 2. The highest BCUT2D eigenvalue weighted by Crippen LogP contribution is 2.38. The summed E-state index contributed by atoms with van der Waals surface area (Å²) in [7, 11) is -4.19. The lowest BCUT2D eigenvalue weighted by Crippen LogP contribution is -2.30. The Morgan fingerprint density at radius 2 is 1.92 bits per heavy atom. The molecule has 1 heterocycles. The number of aryl methyl sites for hydroxylation is 1. The van der Waals surface area contributed by atoms with Gasteiger partial charge in [-0.1, -0.05) is 0 Å². The zero-order chi connectivity index (χ0) is 19.3. The fourth-order valence-corrected chi connectivity index (χ4v) is 4.52. The molecule has 142 valence electrons. The second-order valence-electron chi connectivity index (χ2n) is 6.69. The summed E-state index contributed by atoms with van der Waals surface area (Å²) in [5, 5.41) is 0. The smallest absolute Gasteiger partial charge is 0.263 e. The maximum atomic E-state index is 13.9. The van der Waals surface area contributed by atoms with Gasteiger partial charge in [0.2, 0.25) is 5.92 Å². The molecule has 0 spiro atoms. The molecule has 1 aromatic heterocycles. The van der Waals surface area contributed by atoms with E-state index in [1.54, 1.807) is 0 Å². The van der Waals surface area contributed by atoms with Crippen LogP contribution in [0.4, 0.5) is 23.2 Å². The largest absolute Gasteiger partial charge is 0.363 e. The molecular weight excluding hydrogens is 372 g/mol. The molecule has 0 saturated heterocycles. The standard InChI is InChI=1S/C17H18F4N2O2S/c1-9-5-13(19)15(7-12(9)18)23-26(24,25)16-8-22-14-6-10(17(2,20)21)3-4-11(14)16/h5,7-8,10,22-23H,3-4,6H2,1-2H3. The van der Waals surface area contributed by atoms with E-state index in [1.165, 1.54) is 13.1 Å². The SMILES string of the molecule is Cc1cc(F)c(NS(=O)(=O)c2c[nH]c3c2CCC(C(C)(F)F)C3)cc1F. The first-order valence-electron chi connectivity index (χ1n) is 8.04. The summed E-state index contributed by atoms with van der Waals surface area (Å²) in [5.41, 5.74) is 0.387. The number of alkyl halides is 2. The number of rotatable bonds is 4. The van der Waals surface area contributed by atoms with Crippen molar-refractivity contribution in [1.29, 1.82) is 0 Å². The second kappa shape index (κ2) is 6.29. The van der Waals surface area contributed by atoms with Crippen molar-refractivity contribution >= 4 is 15.7 Å². The zero-order valence-electron chi connectivity index (χ0n) is 14.2. The first-order valence-corrected chi connectivity index (χ1v) is 9.53. The van der Waals surface area contributed by atoms with Gasteiger partial charge < -0.3 is 4.98 Å². The Labute approximate surface area is 148 Å². The molecule has 1 aliphatic carbocycles. The lowest BCUT2D eigenvalue weighted by molar-refractivity contribution is -0.0448. The second-order valence-corrected chi connectivity index (χ2v) is 8.34. The molecule has 3 rings (SSSR count). The summed E-state index contributed by atoms with van der Waals surface area (Å²) in [6.45, 7) is 2.21. The first kappa shape index (κ1) is 18.8. The first-order chi connectivity index (χ1) is 12.0. The summed E-state index contributed by atoms with van der Waals surface area (Å²) >= 11 is 0. The molecule has 1 atom stereocenters. The lowest BCUT2D eigenvalue weighted by atomic mass is 9.84. The Hall–Kier alpha value is -2.03. The van der Waals surface area contributed by atoms with Crippen LogP contribution in [-0.2, 0) is 22.9 Å². The minimum atomic E-state index is -4.19. The zero-order valence-corrected chi connectivity index (χ0v) is 15.0. The van der Waals surface area contributed by atoms with E-state index in [1.807, 2.05) is 4.72 Å². The van der Waals surface area contributed by atoms with Crippen LogP contribution < -0.4 is 4.72 Å². The number of hydrogen-bond donors (Lipinski definition) is 2. The predicted molar refractivity (Wildman–Crippen MR) is 88.8 cm³/mol. The number of fused-ring (bicyclic) bond motifs is 1. The van der Waals surface area contributed by atoms with Gasteiger partial charge in [0.1, 0.15) is 16.5 Å². The molecule has 2 aromatic rings. The van der Waals surface area contributed by atoms with Crippen molar-refractivity contribution in [1.82, 2.24) is 4.98 Å². The predicted octanol–water partition coefficient (Wildman–Crippen LogP) is 4.16. The molecule has 2 N–H and O–H groups in total. The van der Waals surface area contributed by atoms with Gasteiger partial charge in [-0.2, -0.15) is 0 Å². The van der Waals surface area contributed by atoms with Crippen LogP contribution in [0.15, 0.2) is 23.2 Å². The van der Waals surface area contributed by atoms with Crippen LogP contribution in [0.1, 0.15) is 30.2 Å². The highest BCUT2D eigenvalue weighted by molar-refractivity contribution is 7.92. The quantitative estimate of drug-likeness (QED) is 0.770. The van der Waals surface area contributed by atoms with Gasteiger partial charge in [-0.3, -0.25) is 4.72 Å².